The Hall–Kier alpha value is -2.41. The molecular weight excluding hydrogens is 350 g/mol. The van der Waals surface area contributed by atoms with E-state index in [4.69, 9.17) is 0 Å². The molecular formula is C20H37NO6. The Balaban J connectivity index is -0.000000138. The monoisotopic (exact) mass is 387 g/mol. The first-order chi connectivity index (χ1) is 12.6. The van der Waals surface area contributed by atoms with Gasteiger partial charge in [-0.05, 0) is 41.3 Å². The second-order valence-corrected chi connectivity index (χ2v) is 5.00. The molecule has 27 heavy (non-hydrogen) atoms. The van der Waals surface area contributed by atoms with E-state index in [1.807, 2.05) is 21.0 Å². The highest BCUT2D eigenvalue weighted by atomic mass is 16.5. The van der Waals surface area contributed by atoms with Crippen molar-refractivity contribution in [2.75, 3.05) is 34.4 Å². The zero-order valence-electron chi connectivity index (χ0n) is 18.0. The molecule has 0 aromatic heterocycles. The molecule has 0 spiro atoms. The van der Waals surface area contributed by atoms with Crippen molar-refractivity contribution >= 4 is 17.9 Å². The topological polar surface area (TPSA) is 90.9 Å². The van der Waals surface area contributed by atoms with E-state index in [1.165, 1.54) is 13.2 Å². The van der Waals surface area contributed by atoms with Gasteiger partial charge in [0, 0.05) is 17.2 Å². The third kappa shape index (κ3) is 35.5. The van der Waals surface area contributed by atoms with Gasteiger partial charge < -0.3 is 19.5 Å². The van der Waals surface area contributed by atoms with E-state index in [-0.39, 0.29) is 17.9 Å². The third-order valence-electron chi connectivity index (χ3n) is 2.07. The van der Waals surface area contributed by atoms with Crippen LogP contribution in [0.3, 0.4) is 0 Å². The van der Waals surface area contributed by atoms with Gasteiger partial charge in [0.1, 0.15) is 0 Å². The average Bonchev–Trinajstić information content (AvgIpc) is 2.62. The number of hydrogen-bond donors (Lipinski definition) is 1. The summed E-state index contributed by atoms with van der Waals surface area (Å²) in [6.45, 7) is 18.0. The molecule has 0 unspecified atom stereocenters. The summed E-state index contributed by atoms with van der Waals surface area (Å²) < 4.78 is 13.5. The van der Waals surface area contributed by atoms with Crippen LogP contribution in [0.5, 0.6) is 0 Å². The average molecular weight is 388 g/mol. The van der Waals surface area contributed by atoms with Crippen LogP contribution in [0.4, 0.5) is 0 Å². The molecule has 0 aliphatic carbocycles. The van der Waals surface area contributed by atoms with E-state index in [9.17, 15) is 14.4 Å². The SMILES string of the molecule is C=C(C)C(=O)OC.C=C(C)C(=O)OCC.C=CC(=O)OCCCC.CNC. The summed E-state index contributed by atoms with van der Waals surface area (Å²) in [5.74, 6) is -0.990. The summed E-state index contributed by atoms with van der Waals surface area (Å²) in [7, 11) is 5.08. The van der Waals surface area contributed by atoms with Gasteiger partial charge in [0.25, 0.3) is 0 Å². The largest absolute Gasteiger partial charge is 0.466 e. The van der Waals surface area contributed by atoms with Crippen molar-refractivity contribution in [1.29, 1.82) is 0 Å². The van der Waals surface area contributed by atoms with Crippen LogP contribution in [0.1, 0.15) is 40.5 Å². The zero-order valence-corrected chi connectivity index (χ0v) is 18.0. The molecule has 0 amide bonds. The highest BCUT2D eigenvalue weighted by molar-refractivity contribution is 5.87. The van der Waals surface area contributed by atoms with Gasteiger partial charge in [0.15, 0.2) is 0 Å². The Morgan fingerprint density at radius 3 is 1.59 bits per heavy atom. The molecule has 0 heterocycles. The predicted octanol–water partition coefficient (Wildman–Crippen LogP) is 3.21. The Bertz CT molecular complexity index is 444. The lowest BCUT2D eigenvalue weighted by atomic mass is 10.4. The molecule has 0 bridgehead atoms. The van der Waals surface area contributed by atoms with Crippen LogP contribution in [0.2, 0.25) is 0 Å². The van der Waals surface area contributed by atoms with Crippen LogP contribution in [0, 0.1) is 0 Å². The van der Waals surface area contributed by atoms with E-state index in [2.05, 4.69) is 39.3 Å². The summed E-state index contributed by atoms with van der Waals surface area (Å²) >= 11 is 0. The highest BCUT2D eigenvalue weighted by Crippen LogP contribution is 1.90. The van der Waals surface area contributed by atoms with Gasteiger partial charge in [-0.15, -0.1) is 0 Å². The fraction of sp³-hybridized carbons (Fsp3) is 0.550. The maximum atomic E-state index is 10.4. The molecule has 1 N–H and O–H groups in total. The molecule has 0 saturated carbocycles. The van der Waals surface area contributed by atoms with Gasteiger partial charge in [-0.25, -0.2) is 14.4 Å². The fourth-order valence-corrected chi connectivity index (χ4v) is 0.805. The lowest BCUT2D eigenvalue weighted by molar-refractivity contribution is -0.139. The lowest BCUT2D eigenvalue weighted by Gasteiger charge is -1.97. The van der Waals surface area contributed by atoms with Crippen LogP contribution in [-0.4, -0.2) is 52.3 Å². The summed E-state index contributed by atoms with van der Waals surface area (Å²) in [6.07, 6.45) is 3.15. The number of unbranched alkanes of at least 4 members (excludes halogenated alkanes) is 1. The van der Waals surface area contributed by atoms with E-state index in [1.54, 1.807) is 20.8 Å². The van der Waals surface area contributed by atoms with E-state index >= 15 is 0 Å². The summed E-state index contributed by atoms with van der Waals surface area (Å²) in [4.78, 5) is 31.0. The van der Waals surface area contributed by atoms with Crippen LogP contribution in [0.15, 0.2) is 37.0 Å². The third-order valence-corrected chi connectivity index (χ3v) is 2.07. The Labute approximate surface area is 164 Å². The smallest absolute Gasteiger partial charge is 0.333 e. The maximum absolute atomic E-state index is 10.4. The van der Waals surface area contributed by atoms with Crippen LogP contribution in [-0.2, 0) is 28.6 Å². The molecule has 0 aliphatic heterocycles. The molecule has 0 rings (SSSR count). The zero-order chi connectivity index (χ0) is 22.3. The van der Waals surface area contributed by atoms with Gasteiger partial charge in [-0.3, -0.25) is 0 Å². The van der Waals surface area contributed by atoms with Crippen molar-refractivity contribution in [1.82, 2.24) is 5.32 Å². The van der Waals surface area contributed by atoms with Gasteiger partial charge >= 0.3 is 17.9 Å². The minimum Gasteiger partial charge on any atom is -0.466 e. The van der Waals surface area contributed by atoms with Crippen molar-refractivity contribution in [3.63, 3.8) is 0 Å². The standard InChI is InChI=1S/C7H12O2.C6H10O2.C5H8O2.C2H7N/c1-3-5-6-9-7(8)4-2;1-4-8-6(7)5(2)3;1-4(2)5(6)7-3;1-3-2/h4H,2-3,5-6H2,1H3;2,4H2,1,3H3;1H2,2-3H3;3H,1-2H3. The first-order valence-electron chi connectivity index (χ1n) is 8.53. The van der Waals surface area contributed by atoms with Gasteiger partial charge in [-0.1, -0.05) is 33.1 Å². The Kier molecular flexibility index (Phi) is 30.9. The normalized spacial score (nSPS) is 7.96. The molecule has 158 valence electrons. The number of hydrogen-bond acceptors (Lipinski definition) is 7. The number of ether oxygens (including phenoxy) is 3. The van der Waals surface area contributed by atoms with E-state index in [0.29, 0.717) is 24.4 Å². The summed E-state index contributed by atoms with van der Waals surface area (Å²) in [6, 6.07) is 0. The number of rotatable bonds is 7. The van der Waals surface area contributed by atoms with Crippen molar-refractivity contribution in [3.8, 4) is 0 Å². The second-order valence-electron chi connectivity index (χ2n) is 5.00. The summed E-state index contributed by atoms with van der Waals surface area (Å²) in [5.41, 5.74) is 0.884. The molecule has 0 atom stereocenters. The predicted molar refractivity (Wildman–Crippen MR) is 109 cm³/mol. The number of carbonyl (C=O) groups excluding carboxylic acids is 3. The maximum Gasteiger partial charge on any atom is 0.333 e. The molecule has 0 saturated heterocycles. The Morgan fingerprint density at radius 2 is 1.41 bits per heavy atom. The van der Waals surface area contributed by atoms with Crippen LogP contribution in [0.25, 0.3) is 0 Å². The van der Waals surface area contributed by atoms with Crippen molar-refractivity contribution < 1.29 is 28.6 Å². The van der Waals surface area contributed by atoms with Gasteiger partial charge in [-0.2, -0.15) is 0 Å². The van der Waals surface area contributed by atoms with Crippen molar-refractivity contribution in [2.45, 2.75) is 40.5 Å². The van der Waals surface area contributed by atoms with E-state index < -0.39 is 0 Å². The van der Waals surface area contributed by atoms with Crippen molar-refractivity contribution in [3.05, 3.63) is 37.0 Å². The molecule has 0 aromatic rings. The van der Waals surface area contributed by atoms with Crippen LogP contribution < -0.4 is 5.32 Å². The lowest BCUT2D eigenvalue weighted by Crippen LogP contribution is -2.03. The van der Waals surface area contributed by atoms with Gasteiger partial charge in [0.2, 0.25) is 0 Å². The molecule has 0 fully saturated rings. The van der Waals surface area contributed by atoms with E-state index in [0.717, 1.165) is 12.8 Å². The highest BCUT2D eigenvalue weighted by Gasteiger charge is 1.98. The fourth-order valence-electron chi connectivity index (χ4n) is 0.805. The quantitative estimate of drug-likeness (QED) is 0.310. The second kappa shape index (κ2) is 25.8. The number of methoxy groups -OCH3 is 1. The molecule has 0 radical (unpaired) electrons. The minimum absolute atomic E-state index is 0.312. The Morgan fingerprint density at radius 1 is 0.963 bits per heavy atom. The molecule has 7 heteroatoms. The van der Waals surface area contributed by atoms with Gasteiger partial charge in [0.05, 0.1) is 20.3 Å². The molecule has 0 aromatic carbocycles. The first kappa shape index (κ1) is 32.3. The summed E-state index contributed by atoms with van der Waals surface area (Å²) in [5, 5.41) is 2.75. The first-order valence-corrected chi connectivity index (χ1v) is 8.53. The molecule has 0 aliphatic rings. The number of esters is 3. The molecule has 7 nitrogen and oxygen atoms in total. The van der Waals surface area contributed by atoms with Crippen molar-refractivity contribution in [2.24, 2.45) is 0 Å². The van der Waals surface area contributed by atoms with Crippen LogP contribution >= 0.6 is 0 Å². The number of nitrogens with one attached hydrogen (secondary N) is 1. The number of carbonyl (C=O) groups is 3. The minimum atomic E-state index is -0.347.